The van der Waals surface area contributed by atoms with Crippen molar-refractivity contribution in [2.75, 3.05) is 26.2 Å². The Morgan fingerprint density at radius 3 is 2.36 bits per heavy atom. The van der Waals surface area contributed by atoms with E-state index in [1.54, 1.807) is 0 Å². The van der Waals surface area contributed by atoms with Crippen molar-refractivity contribution in [2.24, 2.45) is 5.73 Å². The lowest BCUT2D eigenvalue weighted by Gasteiger charge is -2.32. The number of benzene rings is 1. The normalized spacial score (nSPS) is 17.0. The van der Waals surface area contributed by atoms with Crippen LogP contribution in [0.4, 0.5) is 0 Å². The van der Waals surface area contributed by atoms with E-state index in [1.165, 1.54) is 0 Å². The summed E-state index contributed by atoms with van der Waals surface area (Å²) in [6.45, 7) is 5.76. The molecule has 0 radical (unpaired) electrons. The van der Waals surface area contributed by atoms with Crippen LogP contribution < -0.4 is 11.1 Å². The molecule has 22 heavy (non-hydrogen) atoms. The summed E-state index contributed by atoms with van der Waals surface area (Å²) in [7, 11) is 0. The number of nitrogens with one attached hydrogen (secondary N) is 1. The highest BCUT2D eigenvalue weighted by Crippen LogP contribution is 2.16. The molecule has 1 fully saturated rings. The molecule has 1 unspecified atom stereocenters. The number of carbonyl (C=O) groups is 1. The monoisotopic (exact) mass is 347 g/mol. The summed E-state index contributed by atoms with van der Waals surface area (Å²) >= 11 is 0. The predicted molar refractivity (Wildman–Crippen MR) is 96.0 cm³/mol. The van der Waals surface area contributed by atoms with Crippen LogP contribution in [0.25, 0.3) is 0 Å². The second kappa shape index (κ2) is 10.8. The number of hydrogen-bond acceptors (Lipinski definition) is 3. The van der Waals surface area contributed by atoms with Crippen molar-refractivity contribution in [3.63, 3.8) is 0 Å². The largest absolute Gasteiger partial charge is 0.353 e. The van der Waals surface area contributed by atoms with Crippen LogP contribution in [0.2, 0.25) is 0 Å². The Bertz CT molecular complexity index is 423. The molecule has 0 bridgehead atoms. The van der Waals surface area contributed by atoms with Crippen LogP contribution in [0.1, 0.15) is 31.2 Å². The number of likely N-dealkylation sites (tertiary alicyclic amines) is 1. The molecule has 0 aliphatic carbocycles. The van der Waals surface area contributed by atoms with Crippen LogP contribution in [0.15, 0.2) is 30.3 Å². The summed E-state index contributed by atoms with van der Waals surface area (Å²) in [6.07, 6.45) is 2.07. The molecule has 126 valence electrons. The van der Waals surface area contributed by atoms with Gasteiger partial charge in [0.25, 0.3) is 0 Å². The number of amides is 1. The molecule has 1 saturated heterocycles. The maximum absolute atomic E-state index is 12.4. The van der Waals surface area contributed by atoms with Gasteiger partial charge in [0.1, 0.15) is 0 Å². The number of hydrogen-bond donors (Lipinski definition) is 2. The van der Waals surface area contributed by atoms with E-state index >= 15 is 0 Å². The van der Waals surface area contributed by atoms with Gasteiger partial charge < -0.3 is 16.0 Å². The van der Waals surface area contributed by atoms with E-state index in [4.69, 9.17) is 5.73 Å². The highest BCUT2D eigenvalue weighted by molar-refractivity contribution is 5.85. The quantitative estimate of drug-likeness (QED) is 0.858. The molecular weight excluding hydrogens is 321 g/mol. The van der Waals surface area contributed by atoms with E-state index in [0.29, 0.717) is 12.6 Å². The minimum Gasteiger partial charge on any atom is -0.353 e. The van der Waals surface area contributed by atoms with Crippen LogP contribution in [-0.2, 0) is 4.79 Å². The standard InChI is InChI=1S/C16H25N3O.2ClH/c1-2-19-10-8-14(9-11-19)18-16(20)15(12-17)13-6-4-3-5-7-13;;/h3-7,14-15H,2,8-12,17H2,1H3,(H,18,20);2*1H. The molecule has 4 nitrogen and oxygen atoms in total. The Labute approximate surface area is 145 Å². The van der Waals surface area contributed by atoms with Gasteiger partial charge in [0.2, 0.25) is 5.91 Å². The molecule has 1 atom stereocenters. The van der Waals surface area contributed by atoms with Crippen molar-refractivity contribution < 1.29 is 4.79 Å². The first-order valence-corrected chi connectivity index (χ1v) is 7.52. The number of nitrogens with two attached hydrogens (primary N) is 1. The number of nitrogens with zero attached hydrogens (tertiary/aromatic N) is 1. The third-order valence-electron chi connectivity index (χ3n) is 4.14. The van der Waals surface area contributed by atoms with Gasteiger partial charge in [-0.3, -0.25) is 4.79 Å². The summed E-state index contributed by atoms with van der Waals surface area (Å²) in [5.74, 6) is -0.172. The zero-order valence-electron chi connectivity index (χ0n) is 13.0. The summed E-state index contributed by atoms with van der Waals surface area (Å²) < 4.78 is 0. The van der Waals surface area contributed by atoms with Crippen molar-refractivity contribution in [2.45, 2.75) is 31.7 Å². The lowest BCUT2D eigenvalue weighted by Crippen LogP contribution is -2.46. The Morgan fingerprint density at radius 2 is 1.86 bits per heavy atom. The van der Waals surface area contributed by atoms with Crippen molar-refractivity contribution in [1.29, 1.82) is 0 Å². The molecule has 1 aromatic carbocycles. The average Bonchev–Trinajstić information content (AvgIpc) is 2.50. The van der Waals surface area contributed by atoms with Crippen LogP contribution in [0, 0.1) is 0 Å². The lowest BCUT2D eigenvalue weighted by molar-refractivity contribution is -0.123. The van der Waals surface area contributed by atoms with Gasteiger partial charge in [0.15, 0.2) is 0 Å². The Balaban J connectivity index is 0.00000220. The molecule has 1 amide bonds. The van der Waals surface area contributed by atoms with Crippen LogP contribution in [0.5, 0.6) is 0 Å². The van der Waals surface area contributed by atoms with E-state index in [1.807, 2.05) is 30.3 Å². The van der Waals surface area contributed by atoms with Crippen molar-refractivity contribution in [3.05, 3.63) is 35.9 Å². The van der Waals surface area contributed by atoms with Crippen molar-refractivity contribution >= 4 is 30.7 Å². The van der Waals surface area contributed by atoms with Gasteiger partial charge in [-0.25, -0.2) is 0 Å². The van der Waals surface area contributed by atoms with Gasteiger partial charge in [0.05, 0.1) is 5.92 Å². The molecule has 1 heterocycles. The summed E-state index contributed by atoms with van der Waals surface area (Å²) in [5.41, 5.74) is 6.78. The van der Waals surface area contributed by atoms with Gasteiger partial charge in [-0.05, 0) is 24.9 Å². The minimum absolute atomic E-state index is 0. The number of halogens is 2. The van der Waals surface area contributed by atoms with Crippen LogP contribution in [-0.4, -0.2) is 43.0 Å². The fraction of sp³-hybridized carbons (Fsp3) is 0.562. The first-order valence-electron chi connectivity index (χ1n) is 7.52. The first-order chi connectivity index (χ1) is 9.74. The van der Waals surface area contributed by atoms with Crippen LogP contribution >= 0.6 is 24.8 Å². The summed E-state index contributed by atoms with van der Waals surface area (Å²) in [6, 6.07) is 10.1. The van der Waals surface area contributed by atoms with E-state index in [2.05, 4.69) is 17.1 Å². The fourth-order valence-corrected chi connectivity index (χ4v) is 2.78. The molecule has 1 aliphatic heterocycles. The van der Waals surface area contributed by atoms with E-state index < -0.39 is 0 Å². The fourth-order valence-electron chi connectivity index (χ4n) is 2.78. The molecule has 3 N–H and O–H groups in total. The Hall–Kier alpha value is -0.810. The van der Waals surface area contributed by atoms with Gasteiger partial charge in [-0.15, -0.1) is 24.8 Å². The third kappa shape index (κ3) is 5.76. The van der Waals surface area contributed by atoms with Crippen LogP contribution in [0.3, 0.4) is 0 Å². The smallest absolute Gasteiger partial charge is 0.229 e. The maximum Gasteiger partial charge on any atom is 0.229 e. The number of carbonyl (C=O) groups excluding carboxylic acids is 1. The van der Waals surface area contributed by atoms with Crippen molar-refractivity contribution in [3.8, 4) is 0 Å². The van der Waals surface area contributed by atoms with Gasteiger partial charge >= 0.3 is 0 Å². The Morgan fingerprint density at radius 1 is 1.27 bits per heavy atom. The molecular formula is C16H27Cl2N3O. The average molecular weight is 348 g/mol. The maximum atomic E-state index is 12.4. The SMILES string of the molecule is CCN1CCC(NC(=O)C(CN)c2ccccc2)CC1.Cl.Cl. The van der Waals surface area contributed by atoms with Crippen molar-refractivity contribution in [1.82, 2.24) is 10.2 Å². The molecule has 6 heteroatoms. The minimum atomic E-state index is -0.236. The molecule has 0 spiro atoms. The number of rotatable bonds is 5. The molecule has 2 rings (SSSR count). The second-order valence-electron chi connectivity index (χ2n) is 5.42. The topological polar surface area (TPSA) is 58.4 Å². The first kappa shape index (κ1) is 21.2. The molecule has 0 aromatic heterocycles. The van der Waals surface area contributed by atoms with E-state index in [9.17, 15) is 4.79 Å². The number of piperidine rings is 1. The molecule has 1 aliphatic rings. The highest BCUT2D eigenvalue weighted by Gasteiger charge is 2.24. The lowest BCUT2D eigenvalue weighted by atomic mass is 9.97. The molecule has 0 saturated carbocycles. The summed E-state index contributed by atoms with van der Waals surface area (Å²) in [4.78, 5) is 14.8. The third-order valence-corrected chi connectivity index (χ3v) is 4.14. The predicted octanol–water partition coefficient (Wildman–Crippen LogP) is 2.17. The van der Waals surface area contributed by atoms with E-state index in [0.717, 1.165) is 38.0 Å². The van der Waals surface area contributed by atoms with Gasteiger partial charge in [-0.2, -0.15) is 0 Å². The van der Waals surface area contributed by atoms with Gasteiger partial charge in [0, 0.05) is 25.7 Å². The second-order valence-corrected chi connectivity index (χ2v) is 5.42. The Kier molecular flexibility index (Phi) is 10.4. The highest BCUT2D eigenvalue weighted by atomic mass is 35.5. The molecule has 1 aromatic rings. The van der Waals surface area contributed by atoms with Gasteiger partial charge in [-0.1, -0.05) is 37.3 Å². The zero-order chi connectivity index (χ0) is 14.4. The van der Waals surface area contributed by atoms with E-state index in [-0.39, 0.29) is 36.6 Å². The summed E-state index contributed by atoms with van der Waals surface area (Å²) in [5, 5.41) is 3.17. The zero-order valence-corrected chi connectivity index (χ0v) is 14.7.